The Labute approximate surface area is 230 Å². The molecule has 15 heteroatoms. The van der Waals surface area contributed by atoms with Crippen molar-refractivity contribution in [1.29, 1.82) is 0 Å². The number of benzene rings is 2. The molecule has 0 aromatic heterocycles. The Hall–Kier alpha value is -4.22. The van der Waals surface area contributed by atoms with E-state index in [1.165, 1.54) is 37.5 Å². The van der Waals surface area contributed by atoms with Crippen molar-refractivity contribution < 1.29 is 41.7 Å². The third-order valence-corrected chi connectivity index (χ3v) is 6.11. The Morgan fingerprint density at radius 3 is 2.45 bits per heavy atom. The molecule has 0 bridgehead atoms. The van der Waals surface area contributed by atoms with Crippen LogP contribution in [-0.2, 0) is 20.4 Å². The first-order valence-electron chi connectivity index (χ1n) is 11.5. The van der Waals surface area contributed by atoms with Crippen LogP contribution in [0, 0.1) is 6.57 Å². The molecule has 0 spiro atoms. The van der Waals surface area contributed by atoms with Gasteiger partial charge in [-0.3, -0.25) is 14.5 Å². The number of ether oxygens (including phenoxy) is 4. The highest BCUT2D eigenvalue weighted by atomic mass is 32.2. The van der Waals surface area contributed by atoms with Gasteiger partial charge in [-0.25, -0.2) is 4.85 Å². The number of alkyl halides is 3. The monoisotopic (exact) mass is 577 g/mol. The molecule has 2 aromatic rings. The number of carbonyl (C=O) groups is 2. The van der Waals surface area contributed by atoms with Crippen molar-refractivity contribution in [1.82, 2.24) is 4.90 Å². The van der Waals surface area contributed by atoms with Gasteiger partial charge in [0, 0.05) is 11.5 Å². The van der Waals surface area contributed by atoms with Crippen LogP contribution in [0.2, 0.25) is 0 Å². The summed E-state index contributed by atoms with van der Waals surface area (Å²) in [6.45, 7) is 8.03. The number of halogens is 3. The lowest BCUT2D eigenvalue weighted by Gasteiger charge is -2.16. The maximum absolute atomic E-state index is 13.5. The molecule has 0 unspecified atom stereocenters. The minimum Gasteiger partial charge on any atom is -0.493 e. The molecule has 0 atom stereocenters. The molecule has 0 saturated carbocycles. The number of hydrogen-bond donors (Lipinski definition) is 0. The standard InChI is InChI=1S/C25H22F3N5O6S/c1-30-17-4-6-19(18(15-17)25(26,27)28)39-20-5-3-16(13-21(20)36-2)14-22-23(34)33(24(35)40-22)8-10-38-12-11-37-9-7-31-32-29/h3-6,13-15H,7-12H2,2H3/b22-14-. The first-order chi connectivity index (χ1) is 19.2. The van der Waals surface area contributed by atoms with Gasteiger partial charge in [0.15, 0.2) is 17.2 Å². The highest BCUT2D eigenvalue weighted by molar-refractivity contribution is 8.18. The molecule has 1 aliphatic rings. The van der Waals surface area contributed by atoms with Crippen molar-refractivity contribution in [3.8, 4) is 17.2 Å². The predicted molar refractivity (Wildman–Crippen MR) is 139 cm³/mol. The summed E-state index contributed by atoms with van der Waals surface area (Å²) in [5.41, 5.74) is 7.33. The van der Waals surface area contributed by atoms with E-state index in [2.05, 4.69) is 14.9 Å². The number of imide groups is 1. The van der Waals surface area contributed by atoms with E-state index in [1.807, 2.05) is 0 Å². The Morgan fingerprint density at radius 1 is 1.05 bits per heavy atom. The van der Waals surface area contributed by atoms with Crippen LogP contribution in [0.1, 0.15) is 11.1 Å². The van der Waals surface area contributed by atoms with Gasteiger partial charge in [0.2, 0.25) is 0 Å². The molecule has 1 fully saturated rings. The second kappa shape index (κ2) is 14.2. The summed E-state index contributed by atoms with van der Waals surface area (Å²) in [5.74, 6) is -0.953. The fraction of sp³-hybridized carbons (Fsp3) is 0.320. The van der Waals surface area contributed by atoms with Crippen molar-refractivity contribution in [2.45, 2.75) is 6.18 Å². The molecule has 0 N–H and O–H groups in total. The van der Waals surface area contributed by atoms with E-state index >= 15 is 0 Å². The Bertz CT molecular complexity index is 1370. The SMILES string of the molecule is [C-]#[N+]c1ccc(Oc2ccc(/C=C3\SC(=O)N(CCOCCOCCN=[N+]=[N-])C3=O)cc2OC)c(C(F)(F)F)c1. The molecule has 2 amide bonds. The molecule has 1 aliphatic heterocycles. The van der Waals surface area contributed by atoms with Crippen molar-refractivity contribution >= 4 is 34.7 Å². The molecule has 2 aromatic carbocycles. The van der Waals surface area contributed by atoms with Gasteiger partial charge in [-0.1, -0.05) is 17.2 Å². The fourth-order valence-electron chi connectivity index (χ4n) is 3.35. The van der Waals surface area contributed by atoms with Crippen molar-refractivity contribution in [3.05, 3.63) is 74.3 Å². The van der Waals surface area contributed by atoms with E-state index in [1.54, 1.807) is 0 Å². The van der Waals surface area contributed by atoms with E-state index in [0.717, 1.165) is 22.7 Å². The van der Waals surface area contributed by atoms with Crippen molar-refractivity contribution in [2.24, 2.45) is 5.11 Å². The molecule has 3 rings (SSSR count). The van der Waals surface area contributed by atoms with Crippen LogP contribution in [-0.4, -0.2) is 62.7 Å². The number of thioether (sulfide) groups is 1. The Morgan fingerprint density at radius 2 is 1.77 bits per heavy atom. The lowest BCUT2D eigenvalue weighted by molar-refractivity contribution is -0.138. The molecule has 0 radical (unpaired) electrons. The van der Waals surface area contributed by atoms with Gasteiger partial charge in [-0.15, -0.1) is 0 Å². The van der Waals surface area contributed by atoms with E-state index in [4.69, 9.17) is 31.1 Å². The topological polar surface area (TPSA) is 127 Å². The third-order valence-electron chi connectivity index (χ3n) is 5.21. The fourth-order valence-corrected chi connectivity index (χ4v) is 4.21. The lowest BCUT2D eigenvalue weighted by atomic mass is 10.1. The van der Waals surface area contributed by atoms with Gasteiger partial charge in [-0.2, -0.15) is 13.2 Å². The number of amides is 2. The zero-order chi connectivity index (χ0) is 29.1. The molecule has 40 heavy (non-hydrogen) atoms. The van der Waals surface area contributed by atoms with Gasteiger partial charge >= 0.3 is 6.18 Å². The van der Waals surface area contributed by atoms with Crippen LogP contribution in [0.4, 0.5) is 23.7 Å². The minimum atomic E-state index is -4.75. The first kappa shape index (κ1) is 30.3. The zero-order valence-corrected chi connectivity index (χ0v) is 21.8. The molecule has 210 valence electrons. The number of carbonyl (C=O) groups excluding carboxylic acids is 2. The van der Waals surface area contributed by atoms with E-state index in [0.29, 0.717) is 11.6 Å². The van der Waals surface area contributed by atoms with Crippen LogP contribution in [0.5, 0.6) is 17.2 Å². The maximum Gasteiger partial charge on any atom is 0.418 e. The first-order valence-corrected chi connectivity index (χ1v) is 12.4. The predicted octanol–water partition coefficient (Wildman–Crippen LogP) is 6.44. The summed E-state index contributed by atoms with van der Waals surface area (Å²) in [6, 6.07) is 7.30. The summed E-state index contributed by atoms with van der Waals surface area (Å²) in [6.07, 6.45) is -3.29. The lowest BCUT2D eigenvalue weighted by Crippen LogP contribution is -2.31. The third kappa shape index (κ3) is 8.14. The number of rotatable bonds is 13. The van der Waals surface area contributed by atoms with Crippen LogP contribution in [0.15, 0.2) is 46.4 Å². The quantitative estimate of drug-likeness (QED) is 0.0670. The van der Waals surface area contributed by atoms with Gasteiger partial charge in [0.1, 0.15) is 5.75 Å². The number of methoxy groups -OCH3 is 1. The molecule has 1 heterocycles. The number of hydrogen-bond acceptors (Lipinski definition) is 8. The number of azide groups is 1. The molecule has 0 aliphatic carbocycles. The summed E-state index contributed by atoms with van der Waals surface area (Å²) in [5, 5.41) is 2.85. The van der Waals surface area contributed by atoms with Crippen molar-refractivity contribution in [3.63, 3.8) is 0 Å². The Kier molecular flexibility index (Phi) is 10.8. The molecular weight excluding hydrogens is 555 g/mol. The summed E-state index contributed by atoms with van der Waals surface area (Å²) >= 11 is 0.742. The number of nitrogens with zero attached hydrogens (tertiary/aromatic N) is 5. The molecule has 1 saturated heterocycles. The maximum atomic E-state index is 13.5. The zero-order valence-electron chi connectivity index (χ0n) is 21.0. The average Bonchev–Trinajstić information content (AvgIpc) is 3.19. The summed E-state index contributed by atoms with van der Waals surface area (Å²) in [4.78, 5) is 31.9. The van der Waals surface area contributed by atoms with Gasteiger partial charge < -0.3 is 18.9 Å². The average molecular weight is 578 g/mol. The van der Waals surface area contributed by atoms with Crippen LogP contribution < -0.4 is 9.47 Å². The second-order valence-corrected chi connectivity index (χ2v) is 8.81. The largest absolute Gasteiger partial charge is 0.493 e. The molecular formula is C25H22F3N5O6S. The van der Waals surface area contributed by atoms with Gasteiger partial charge in [0.05, 0.1) is 57.1 Å². The normalized spacial score (nSPS) is 14.3. The Balaban J connectivity index is 1.65. The second-order valence-electron chi connectivity index (χ2n) is 7.81. The van der Waals surface area contributed by atoms with Crippen LogP contribution >= 0.6 is 11.8 Å². The van der Waals surface area contributed by atoms with Crippen LogP contribution in [0.25, 0.3) is 21.4 Å². The van der Waals surface area contributed by atoms with E-state index in [-0.39, 0.29) is 61.6 Å². The minimum absolute atomic E-state index is 0.0206. The summed E-state index contributed by atoms with van der Waals surface area (Å²) < 4.78 is 61.9. The van der Waals surface area contributed by atoms with Crippen molar-refractivity contribution in [2.75, 3.05) is 46.6 Å². The van der Waals surface area contributed by atoms with E-state index in [9.17, 15) is 22.8 Å². The smallest absolute Gasteiger partial charge is 0.418 e. The molecule has 11 nitrogen and oxygen atoms in total. The summed E-state index contributed by atoms with van der Waals surface area (Å²) in [7, 11) is 1.30. The van der Waals surface area contributed by atoms with Gasteiger partial charge in [0.25, 0.3) is 11.1 Å². The highest BCUT2D eigenvalue weighted by Crippen LogP contribution is 2.42. The van der Waals surface area contributed by atoms with E-state index < -0.39 is 28.6 Å². The van der Waals surface area contributed by atoms with Gasteiger partial charge in [-0.05, 0) is 53.2 Å². The highest BCUT2D eigenvalue weighted by Gasteiger charge is 2.36. The van der Waals surface area contributed by atoms with Crippen LogP contribution in [0.3, 0.4) is 0 Å².